The Kier molecular flexibility index (Phi) is 2.94. The van der Waals surface area contributed by atoms with Gasteiger partial charge in [0.1, 0.15) is 0 Å². The van der Waals surface area contributed by atoms with Crippen LogP contribution in [0.1, 0.15) is 6.42 Å². The standard InChI is InChI=1S/C18H14N6O2/c19-11-23-6-5-18(17(23)25)10-21-14-7-13(9-20-16(14)26-18)24-15-4-2-1-3-12(15)8-22-24/h1-4,7-9,21H,5-6,10H2. The van der Waals surface area contributed by atoms with Crippen LogP contribution in [0.15, 0.2) is 42.7 Å². The molecule has 0 radical (unpaired) electrons. The minimum absolute atomic E-state index is 0.308. The van der Waals surface area contributed by atoms with Gasteiger partial charge in [-0.05, 0) is 12.1 Å². The average Bonchev–Trinajstić information content (AvgIpc) is 3.24. The van der Waals surface area contributed by atoms with Crippen molar-refractivity contribution >= 4 is 22.5 Å². The molecule has 1 unspecified atom stereocenters. The fraction of sp³-hybridized carbons (Fsp3) is 0.222. The van der Waals surface area contributed by atoms with E-state index in [1.807, 2.05) is 41.2 Å². The highest BCUT2D eigenvalue weighted by atomic mass is 16.5. The molecule has 1 atom stereocenters. The maximum Gasteiger partial charge on any atom is 0.281 e. The predicted molar refractivity (Wildman–Crippen MR) is 92.7 cm³/mol. The molecule has 4 heterocycles. The number of hydrogen-bond acceptors (Lipinski definition) is 6. The van der Waals surface area contributed by atoms with Crippen LogP contribution in [0.3, 0.4) is 0 Å². The first-order chi connectivity index (χ1) is 12.7. The van der Waals surface area contributed by atoms with Crippen LogP contribution in [0.2, 0.25) is 0 Å². The highest BCUT2D eigenvalue weighted by molar-refractivity contribution is 5.90. The van der Waals surface area contributed by atoms with E-state index in [0.29, 0.717) is 31.1 Å². The van der Waals surface area contributed by atoms with Crippen LogP contribution in [0, 0.1) is 11.5 Å². The van der Waals surface area contributed by atoms with Crippen molar-refractivity contribution in [3.8, 4) is 17.8 Å². The zero-order valence-corrected chi connectivity index (χ0v) is 13.7. The van der Waals surface area contributed by atoms with E-state index in [1.165, 1.54) is 0 Å². The predicted octanol–water partition coefficient (Wildman–Crippen LogP) is 1.68. The number of nitrogens with one attached hydrogen (secondary N) is 1. The lowest BCUT2D eigenvalue weighted by Crippen LogP contribution is -2.51. The molecule has 1 aromatic carbocycles. The largest absolute Gasteiger partial charge is 0.457 e. The summed E-state index contributed by atoms with van der Waals surface area (Å²) in [5, 5.41) is 17.7. The van der Waals surface area contributed by atoms with Crippen molar-refractivity contribution in [3.63, 3.8) is 0 Å². The fourth-order valence-corrected chi connectivity index (χ4v) is 3.50. The molecule has 0 saturated carbocycles. The Morgan fingerprint density at radius 1 is 1.31 bits per heavy atom. The van der Waals surface area contributed by atoms with Crippen LogP contribution < -0.4 is 10.1 Å². The van der Waals surface area contributed by atoms with Gasteiger partial charge >= 0.3 is 0 Å². The molecule has 26 heavy (non-hydrogen) atoms. The highest BCUT2D eigenvalue weighted by Crippen LogP contribution is 2.37. The Balaban J connectivity index is 1.51. The lowest BCUT2D eigenvalue weighted by atomic mass is 10.0. The van der Waals surface area contributed by atoms with Crippen LogP contribution in [-0.4, -0.2) is 44.3 Å². The summed E-state index contributed by atoms with van der Waals surface area (Å²) in [6.45, 7) is 0.672. The molecule has 8 heteroatoms. The maximum atomic E-state index is 12.4. The molecule has 0 aliphatic carbocycles. The summed E-state index contributed by atoms with van der Waals surface area (Å²) in [6, 6.07) is 9.83. The number of fused-ring (bicyclic) bond motifs is 2. The Hall–Kier alpha value is -3.60. The molecule has 8 nitrogen and oxygen atoms in total. The van der Waals surface area contributed by atoms with Crippen molar-refractivity contribution < 1.29 is 9.53 Å². The first-order valence-corrected chi connectivity index (χ1v) is 8.28. The summed E-state index contributed by atoms with van der Waals surface area (Å²) >= 11 is 0. The van der Waals surface area contributed by atoms with Crippen molar-refractivity contribution in [1.29, 1.82) is 5.26 Å². The lowest BCUT2D eigenvalue weighted by molar-refractivity contribution is -0.138. The second kappa shape index (κ2) is 5.20. The molecule has 1 saturated heterocycles. The van der Waals surface area contributed by atoms with Gasteiger partial charge in [-0.3, -0.25) is 4.79 Å². The molecule has 1 N–H and O–H groups in total. The van der Waals surface area contributed by atoms with Gasteiger partial charge in [-0.1, -0.05) is 18.2 Å². The molecule has 128 valence electrons. The molecule has 2 aromatic heterocycles. The molecule has 3 aromatic rings. The Labute approximate surface area is 148 Å². The maximum absolute atomic E-state index is 12.4. The second-order valence-corrected chi connectivity index (χ2v) is 6.42. The second-order valence-electron chi connectivity index (χ2n) is 6.42. The first-order valence-electron chi connectivity index (χ1n) is 8.28. The number of benzene rings is 1. The summed E-state index contributed by atoms with van der Waals surface area (Å²) in [5.41, 5.74) is 1.44. The molecular weight excluding hydrogens is 332 g/mol. The number of rotatable bonds is 1. The van der Waals surface area contributed by atoms with Gasteiger partial charge in [0.25, 0.3) is 5.91 Å². The zero-order valence-electron chi connectivity index (χ0n) is 13.7. The van der Waals surface area contributed by atoms with E-state index >= 15 is 0 Å². The number of hydrogen-bond donors (Lipinski definition) is 1. The van der Waals surface area contributed by atoms with Gasteiger partial charge in [0.2, 0.25) is 11.5 Å². The lowest BCUT2D eigenvalue weighted by Gasteiger charge is -2.33. The summed E-state index contributed by atoms with van der Waals surface area (Å²) in [7, 11) is 0. The van der Waals surface area contributed by atoms with Crippen LogP contribution >= 0.6 is 0 Å². The Morgan fingerprint density at radius 2 is 2.19 bits per heavy atom. The van der Waals surface area contributed by atoms with Crippen molar-refractivity contribution in [1.82, 2.24) is 19.7 Å². The molecule has 1 spiro atoms. The Bertz CT molecular complexity index is 1080. The quantitative estimate of drug-likeness (QED) is 0.674. The summed E-state index contributed by atoms with van der Waals surface area (Å²) in [5.74, 6) is 0.0479. The summed E-state index contributed by atoms with van der Waals surface area (Å²) < 4.78 is 7.75. The number of pyridine rings is 1. The number of carbonyl (C=O) groups is 1. The van der Waals surface area contributed by atoms with E-state index in [1.54, 1.807) is 12.4 Å². The molecule has 2 aliphatic heterocycles. The number of amides is 1. The van der Waals surface area contributed by atoms with Gasteiger partial charge in [-0.25, -0.2) is 14.6 Å². The number of para-hydroxylation sites is 1. The Morgan fingerprint density at radius 3 is 3.04 bits per heavy atom. The van der Waals surface area contributed by atoms with E-state index < -0.39 is 5.60 Å². The van der Waals surface area contributed by atoms with E-state index in [9.17, 15) is 4.79 Å². The molecule has 2 aliphatic rings. The summed E-state index contributed by atoms with van der Waals surface area (Å²) in [6.07, 6.45) is 5.83. The third-order valence-corrected chi connectivity index (χ3v) is 4.91. The number of anilines is 1. The molecule has 5 rings (SSSR count). The van der Waals surface area contributed by atoms with E-state index in [4.69, 9.17) is 10.00 Å². The van der Waals surface area contributed by atoms with Crippen molar-refractivity contribution in [2.24, 2.45) is 0 Å². The van der Waals surface area contributed by atoms with Crippen molar-refractivity contribution in [2.45, 2.75) is 12.0 Å². The van der Waals surface area contributed by atoms with Crippen LogP contribution in [0.5, 0.6) is 5.88 Å². The van der Waals surface area contributed by atoms with Gasteiger partial charge in [0.15, 0.2) is 6.19 Å². The van der Waals surface area contributed by atoms with Crippen LogP contribution in [-0.2, 0) is 4.79 Å². The smallest absolute Gasteiger partial charge is 0.281 e. The number of ether oxygens (including phenoxy) is 1. The van der Waals surface area contributed by atoms with E-state index in [0.717, 1.165) is 21.5 Å². The molecule has 1 fully saturated rings. The third kappa shape index (κ3) is 1.97. The number of aromatic nitrogens is 3. The number of nitriles is 1. The zero-order chi connectivity index (χ0) is 17.7. The number of carbonyl (C=O) groups excluding carboxylic acids is 1. The molecular formula is C18H14N6O2. The van der Waals surface area contributed by atoms with Crippen molar-refractivity contribution in [3.05, 3.63) is 42.7 Å². The van der Waals surface area contributed by atoms with Gasteiger partial charge in [0.05, 0.1) is 35.8 Å². The van der Waals surface area contributed by atoms with Gasteiger partial charge in [0, 0.05) is 18.4 Å². The molecule has 0 bridgehead atoms. The van der Waals surface area contributed by atoms with Crippen molar-refractivity contribution in [2.75, 3.05) is 18.4 Å². The highest BCUT2D eigenvalue weighted by Gasteiger charge is 2.51. The number of likely N-dealkylation sites (tertiary alicyclic amines) is 1. The van der Waals surface area contributed by atoms with Gasteiger partial charge < -0.3 is 10.1 Å². The van der Waals surface area contributed by atoms with Crippen LogP contribution in [0.25, 0.3) is 16.6 Å². The minimum Gasteiger partial charge on any atom is -0.457 e. The van der Waals surface area contributed by atoms with Gasteiger partial charge in [-0.2, -0.15) is 10.4 Å². The summed E-state index contributed by atoms with van der Waals surface area (Å²) in [4.78, 5) is 17.9. The third-order valence-electron chi connectivity index (χ3n) is 4.91. The van der Waals surface area contributed by atoms with Gasteiger partial charge in [-0.15, -0.1) is 0 Å². The fourth-order valence-electron chi connectivity index (χ4n) is 3.50. The minimum atomic E-state index is -1.05. The van der Waals surface area contributed by atoms with Crippen LogP contribution in [0.4, 0.5) is 5.69 Å². The van der Waals surface area contributed by atoms with E-state index in [2.05, 4.69) is 15.4 Å². The monoisotopic (exact) mass is 346 g/mol. The first kappa shape index (κ1) is 14.7. The SMILES string of the molecule is N#CN1CCC2(CNc3cc(-n4ncc5ccccc54)cnc3O2)C1=O. The molecule has 1 amide bonds. The normalized spacial score (nSPS) is 21.3. The average molecular weight is 346 g/mol. The van der Waals surface area contributed by atoms with E-state index in [-0.39, 0.29) is 5.91 Å². The topological polar surface area (TPSA) is 96.1 Å². The number of nitrogens with zero attached hydrogens (tertiary/aromatic N) is 5.